The van der Waals surface area contributed by atoms with Crippen LogP contribution in [0, 0.1) is 0 Å². The largest absolute Gasteiger partial charge is 0.469 e. The zero-order valence-electron chi connectivity index (χ0n) is 10.2. The van der Waals surface area contributed by atoms with Crippen LogP contribution in [0.3, 0.4) is 0 Å². The van der Waals surface area contributed by atoms with E-state index >= 15 is 0 Å². The molecule has 1 heterocycles. The van der Waals surface area contributed by atoms with Crippen LogP contribution < -0.4 is 0 Å². The third kappa shape index (κ3) is 3.20. The summed E-state index contributed by atoms with van der Waals surface area (Å²) in [6, 6.07) is -0.0559. The lowest BCUT2D eigenvalue weighted by molar-refractivity contribution is -0.142. The van der Waals surface area contributed by atoms with Crippen LogP contribution in [-0.4, -0.2) is 62.0 Å². The molecule has 1 fully saturated rings. The maximum absolute atomic E-state index is 11.8. The van der Waals surface area contributed by atoms with Crippen molar-refractivity contribution < 1.29 is 14.3 Å². The fraction of sp³-hybridized carbons (Fsp3) is 0.818. The summed E-state index contributed by atoms with van der Waals surface area (Å²) >= 11 is 0. The molecule has 5 nitrogen and oxygen atoms in total. The Morgan fingerprint density at radius 3 is 2.69 bits per heavy atom. The van der Waals surface area contributed by atoms with Gasteiger partial charge in [-0.05, 0) is 19.4 Å². The number of hydrogen-bond donors (Lipinski definition) is 0. The van der Waals surface area contributed by atoms with Gasteiger partial charge in [-0.3, -0.25) is 14.5 Å². The number of likely N-dealkylation sites (N-methyl/N-ethyl adjacent to an activating group) is 1. The molecule has 0 N–H and O–H groups in total. The fourth-order valence-corrected chi connectivity index (χ4v) is 2.01. The number of ether oxygens (including phenoxy) is 1. The first-order valence-corrected chi connectivity index (χ1v) is 5.58. The highest BCUT2D eigenvalue weighted by Gasteiger charge is 2.31. The van der Waals surface area contributed by atoms with Crippen molar-refractivity contribution in [3.05, 3.63) is 0 Å². The molecule has 92 valence electrons. The Bertz CT molecular complexity index is 266. The van der Waals surface area contributed by atoms with Gasteiger partial charge in [0.25, 0.3) is 0 Å². The molecule has 0 bridgehead atoms. The number of likely N-dealkylation sites (tertiary alicyclic amines) is 1. The molecule has 1 saturated heterocycles. The van der Waals surface area contributed by atoms with Crippen molar-refractivity contribution in [2.24, 2.45) is 0 Å². The summed E-state index contributed by atoms with van der Waals surface area (Å²) in [6.45, 7) is 1.50. The van der Waals surface area contributed by atoms with Gasteiger partial charge in [0.05, 0.1) is 19.6 Å². The Morgan fingerprint density at radius 2 is 2.12 bits per heavy atom. The number of esters is 1. The standard InChI is InChI=1S/C11H20N2O3/c1-12(2)11(15)9-5-4-7-13(9)8-6-10(14)16-3/h9H,4-8H2,1-3H3. The van der Waals surface area contributed by atoms with E-state index in [1.165, 1.54) is 7.11 Å². The first-order valence-electron chi connectivity index (χ1n) is 5.58. The second-order valence-corrected chi connectivity index (χ2v) is 4.25. The topological polar surface area (TPSA) is 49.9 Å². The first-order chi connectivity index (χ1) is 7.56. The van der Waals surface area contributed by atoms with Gasteiger partial charge in [0.1, 0.15) is 0 Å². The highest BCUT2D eigenvalue weighted by Crippen LogP contribution is 2.18. The molecule has 0 aromatic rings. The predicted molar refractivity (Wildman–Crippen MR) is 59.9 cm³/mol. The Kier molecular flexibility index (Phi) is 4.73. The van der Waals surface area contributed by atoms with E-state index in [0.29, 0.717) is 13.0 Å². The van der Waals surface area contributed by atoms with Crippen LogP contribution >= 0.6 is 0 Å². The third-order valence-corrected chi connectivity index (χ3v) is 2.92. The number of rotatable bonds is 4. The molecule has 1 atom stereocenters. The lowest BCUT2D eigenvalue weighted by Crippen LogP contribution is -2.43. The van der Waals surface area contributed by atoms with Crippen molar-refractivity contribution >= 4 is 11.9 Å². The summed E-state index contributed by atoms with van der Waals surface area (Å²) in [5.74, 6) is -0.0923. The Balaban J connectivity index is 2.46. The molecule has 16 heavy (non-hydrogen) atoms. The number of hydrogen-bond acceptors (Lipinski definition) is 4. The molecule has 0 aliphatic carbocycles. The van der Waals surface area contributed by atoms with Crippen LogP contribution in [-0.2, 0) is 14.3 Å². The Hall–Kier alpha value is -1.10. The molecule has 1 unspecified atom stereocenters. The normalized spacial score (nSPS) is 20.8. The second kappa shape index (κ2) is 5.84. The average Bonchev–Trinajstić information content (AvgIpc) is 2.72. The van der Waals surface area contributed by atoms with Gasteiger partial charge in [-0.1, -0.05) is 0 Å². The molecule has 1 amide bonds. The molecule has 1 aliphatic heterocycles. The molecule has 0 saturated carbocycles. The summed E-state index contributed by atoms with van der Waals surface area (Å²) in [6.07, 6.45) is 2.26. The van der Waals surface area contributed by atoms with E-state index in [0.717, 1.165) is 19.4 Å². The van der Waals surface area contributed by atoms with Crippen LogP contribution in [0.5, 0.6) is 0 Å². The van der Waals surface area contributed by atoms with Crippen molar-refractivity contribution in [2.45, 2.75) is 25.3 Å². The molecule has 0 aromatic carbocycles. The monoisotopic (exact) mass is 228 g/mol. The Morgan fingerprint density at radius 1 is 1.44 bits per heavy atom. The lowest BCUT2D eigenvalue weighted by atomic mass is 10.2. The molecule has 0 radical (unpaired) electrons. The predicted octanol–water partition coefficient (Wildman–Crippen LogP) is 0.102. The van der Waals surface area contributed by atoms with Crippen molar-refractivity contribution in [3.8, 4) is 0 Å². The van der Waals surface area contributed by atoms with Crippen LogP contribution in [0.25, 0.3) is 0 Å². The summed E-state index contributed by atoms with van der Waals surface area (Å²) < 4.78 is 4.59. The minimum atomic E-state index is -0.219. The second-order valence-electron chi connectivity index (χ2n) is 4.25. The summed E-state index contributed by atoms with van der Waals surface area (Å²) in [5.41, 5.74) is 0. The minimum absolute atomic E-state index is 0.0559. The fourth-order valence-electron chi connectivity index (χ4n) is 2.01. The quantitative estimate of drug-likeness (QED) is 0.640. The van der Waals surface area contributed by atoms with Crippen molar-refractivity contribution in [1.82, 2.24) is 9.80 Å². The molecule has 5 heteroatoms. The highest BCUT2D eigenvalue weighted by molar-refractivity contribution is 5.81. The minimum Gasteiger partial charge on any atom is -0.469 e. The maximum atomic E-state index is 11.8. The van der Waals surface area contributed by atoms with Gasteiger partial charge < -0.3 is 9.64 Å². The number of carbonyl (C=O) groups is 2. The van der Waals surface area contributed by atoms with Crippen LogP contribution in [0.4, 0.5) is 0 Å². The zero-order chi connectivity index (χ0) is 12.1. The molecular weight excluding hydrogens is 208 g/mol. The van der Waals surface area contributed by atoms with Gasteiger partial charge in [-0.2, -0.15) is 0 Å². The molecule has 0 spiro atoms. The smallest absolute Gasteiger partial charge is 0.306 e. The van der Waals surface area contributed by atoms with Crippen molar-refractivity contribution in [1.29, 1.82) is 0 Å². The van der Waals surface area contributed by atoms with Crippen molar-refractivity contribution in [2.75, 3.05) is 34.3 Å². The lowest BCUT2D eigenvalue weighted by Gasteiger charge is -2.25. The van der Waals surface area contributed by atoms with E-state index in [9.17, 15) is 9.59 Å². The molecule has 1 rings (SSSR count). The first kappa shape index (κ1) is 13.0. The van der Waals surface area contributed by atoms with Gasteiger partial charge >= 0.3 is 5.97 Å². The third-order valence-electron chi connectivity index (χ3n) is 2.92. The van der Waals surface area contributed by atoms with Crippen LogP contribution in [0.1, 0.15) is 19.3 Å². The SMILES string of the molecule is COC(=O)CCN1CCCC1C(=O)N(C)C. The van der Waals surface area contributed by atoms with Gasteiger partial charge in [0.2, 0.25) is 5.91 Å². The maximum Gasteiger partial charge on any atom is 0.306 e. The van der Waals surface area contributed by atoms with E-state index in [1.54, 1.807) is 19.0 Å². The zero-order valence-corrected chi connectivity index (χ0v) is 10.2. The highest BCUT2D eigenvalue weighted by atomic mass is 16.5. The van der Waals surface area contributed by atoms with E-state index < -0.39 is 0 Å². The Labute approximate surface area is 96.3 Å². The number of methoxy groups -OCH3 is 1. The number of nitrogens with zero attached hydrogens (tertiary/aromatic N) is 2. The van der Waals surface area contributed by atoms with Crippen molar-refractivity contribution in [3.63, 3.8) is 0 Å². The summed E-state index contributed by atoms with van der Waals surface area (Å²) in [5, 5.41) is 0. The van der Waals surface area contributed by atoms with E-state index in [4.69, 9.17) is 0 Å². The average molecular weight is 228 g/mol. The van der Waals surface area contributed by atoms with E-state index in [-0.39, 0.29) is 17.9 Å². The summed E-state index contributed by atoms with van der Waals surface area (Å²) in [4.78, 5) is 26.6. The molecule has 0 aromatic heterocycles. The number of amides is 1. The van der Waals surface area contributed by atoms with Gasteiger partial charge in [-0.25, -0.2) is 0 Å². The summed E-state index contributed by atoms with van der Waals surface area (Å²) in [7, 11) is 4.91. The van der Waals surface area contributed by atoms with Gasteiger partial charge in [0, 0.05) is 20.6 Å². The van der Waals surface area contributed by atoms with Gasteiger partial charge in [-0.15, -0.1) is 0 Å². The van der Waals surface area contributed by atoms with E-state index in [2.05, 4.69) is 9.64 Å². The van der Waals surface area contributed by atoms with Crippen LogP contribution in [0.2, 0.25) is 0 Å². The number of carbonyl (C=O) groups excluding carboxylic acids is 2. The van der Waals surface area contributed by atoms with Gasteiger partial charge in [0.15, 0.2) is 0 Å². The molecule has 1 aliphatic rings. The molecular formula is C11H20N2O3. The van der Waals surface area contributed by atoms with E-state index in [1.807, 2.05) is 0 Å². The van der Waals surface area contributed by atoms with Crippen LogP contribution in [0.15, 0.2) is 0 Å².